The van der Waals surface area contributed by atoms with Gasteiger partial charge in [0.25, 0.3) is 5.91 Å². The summed E-state index contributed by atoms with van der Waals surface area (Å²) in [4.78, 5) is 14.1. The fourth-order valence-electron chi connectivity index (χ4n) is 3.02. The summed E-state index contributed by atoms with van der Waals surface area (Å²) in [6.07, 6.45) is 1.97. The molecule has 0 saturated carbocycles. The first-order valence-electron chi connectivity index (χ1n) is 8.52. The predicted octanol–water partition coefficient (Wildman–Crippen LogP) is 1.83. The number of sulfonamides is 1. The van der Waals surface area contributed by atoms with Crippen molar-refractivity contribution in [2.75, 3.05) is 40.4 Å². The van der Waals surface area contributed by atoms with Gasteiger partial charge in [-0.15, -0.1) is 0 Å². The van der Waals surface area contributed by atoms with Crippen LogP contribution in [-0.4, -0.2) is 63.9 Å². The van der Waals surface area contributed by atoms with Crippen molar-refractivity contribution in [2.45, 2.75) is 11.3 Å². The Bertz CT molecular complexity index is 895. The molecule has 0 N–H and O–H groups in total. The first kappa shape index (κ1) is 19.2. The van der Waals surface area contributed by atoms with Crippen LogP contribution in [0.15, 0.2) is 45.9 Å². The van der Waals surface area contributed by atoms with Crippen LogP contribution in [0.4, 0.5) is 0 Å². The summed E-state index contributed by atoms with van der Waals surface area (Å²) in [6.45, 7) is 1.24. The van der Waals surface area contributed by atoms with Gasteiger partial charge >= 0.3 is 0 Å². The van der Waals surface area contributed by atoms with Crippen molar-refractivity contribution in [1.29, 1.82) is 0 Å². The molecule has 0 bridgehead atoms. The number of furan rings is 1. The number of benzene rings is 1. The third-order valence-electron chi connectivity index (χ3n) is 4.46. The van der Waals surface area contributed by atoms with Crippen molar-refractivity contribution in [1.82, 2.24) is 9.21 Å². The van der Waals surface area contributed by atoms with Gasteiger partial charge in [0.1, 0.15) is 16.4 Å². The predicted molar refractivity (Wildman–Crippen MR) is 97.5 cm³/mol. The second-order valence-electron chi connectivity index (χ2n) is 6.04. The quantitative estimate of drug-likeness (QED) is 0.769. The van der Waals surface area contributed by atoms with Gasteiger partial charge in [-0.2, -0.15) is 4.31 Å². The number of methoxy groups -OCH3 is 2. The summed E-state index contributed by atoms with van der Waals surface area (Å²) >= 11 is 0. The molecule has 1 amide bonds. The Labute approximate surface area is 158 Å². The zero-order chi connectivity index (χ0) is 19.4. The molecule has 27 heavy (non-hydrogen) atoms. The minimum Gasteiger partial charge on any atom is -0.497 e. The molecule has 1 aromatic heterocycles. The maximum absolute atomic E-state index is 13.2. The molecule has 1 fully saturated rings. The lowest BCUT2D eigenvalue weighted by Crippen LogP contribution is -2.37. The lowest BCUT2D eigenvalue weighted by molar-refractivity contribution is 0.0732. The number of amides is 1. The number of hydrogen-bond donors (Lipinski definition) is 0. The Kier molecular flexibility index (Phi) is 5.71. The second kappa shape index (κ2) is 8.01. The van der Waals surface area contributed by atoms with Crippen LogP contribution in [0.2, 0.25) is 0 Å². The molecule has 9 heteroatoms. The van der Waals surface area contributed by atoms with Gasteiger partial charge in [0.2, 0.25) is 10.0 Å². The van der Waals surface area contributed by atoms with Crippen molar-refractivity contribution in [2.24, 2.45) is 0 Å². The summed E-state index contributed by atoms with van der Waals surface area (Å²) in [5, 5.41) is 0. The highest BCUT2D eigenvalue weighted by Crippen LogP contribution is 2.31. The largest absolute Gasteiger partial charge is 0.497 e. The van der Waals surface area contributed by atoms with E-state index in [0.717, 1.165) is 0 Å². The van der Waals surface area contributed by atoms with Gasteiger partial charge in [-0.25, -0.2) is 8.42 Å². The van der Waals surface area contributed by atoms with Crippen LogP contribution in [0.5, 0.6) is 11.5 Å². The van der Waals surface area contributed by atoms with Crippen molar-refractivity contribution < 1.29 is 27.1 Å². The summed E-state index contributed by atoms with van der Waals surface area (Å²) in [5.41, 5.74) is 0. The Hall–Kier alpha value is -2.52. The topological polar surface area (TPSA) is 89.3 Å². The van der Waals surface area contributed by atoms with Crippen LogP contribution in [-0.2, 0) is 10.0 Å². The zero-order valence-electron chi connectivity index (χ0n) is 15.3. The van der Waals surface area contributed by atoms with E-state index in [2.05, 4.69) is 0 Å². The first-order chi connectivity index (χ1) is 13.0. The van der Waals surface area contributed by atoms with Crippen LogP contribution < -0.4 is 9.47 Å². The molecule has 1 saturated heterocycles. The molecule has 2 aromatic rings. The van der Waals surface area contributed by atoms with Crippen LogP contribution in [0.25, 0.3) is 0 Å². The molecular formula is C18H22N2O6S. The van der Waals surface area contributed by atoms with E-state index >= 15 is 0 Å². The molecule has 3 rings (SSSR count). The van der Waals surface area contributed by atoms with Gasteiger partial charge in [-0.1, -0.05) is 0 Å². The molecule has 0 atom stereocenters. The van der Waals surface area contributed by atoms with Gasteiger partial charge < -0.3 is 18.8 Å². The summed E-state index contributed by atoms with van der Waals surface area (Å²) in [7, 11) is -0.899. The molecule has 0 aliphatic carbocycles. The standard InChI is InChI=1S/C18H22N2O6S/c1-24-14-6-7-15(25-2)17(13-14)27(22,23)20-9-4-8-19(10-11-20)18(21)16-5-3-12-26-16/h3,5-7,12-13H,4,8-11H2,1-2H3. The second-order valence-corrected chi connectivity index (χ2v) is 7.95. The van der Waals surface area contributed by atoms with E-state index in [1.54, 1.807) is 29.2 Å². The average molecular weight is 394 g/mol. The molecule has 1 aliphatic heterocycles. The van der Waals surface area contributed by atoms with Gasteiger partial charge in [0.05, 0.1) is 20.5 Å². The van der Waals surface area contributed by atoms with E-state index < -0.39 is 10.0 Å². The number of ether oxygens (including phenoxy) is 2. The van der Waals surface area contributed by atoms with E-state index in [1.165, 1.54) is 30.9 Å². The third kappa shape index (κ3) is 3.93. The number of hydrogen-bond acceptors (Lipinski definition) is 6. The smallest absolute Gasteiger partial charge is 0.289 e. The van der Waals surface area contributed by atoms with Gasteiger partial charge in [0, 0.05) is 32.2 Å². The number of rotatable bonds is 5. The number of carbonyl (C=O) groups is 1. The van der Waals surface area contributed by atoms with Crippen molar-refractivity contribution in [3.05, 3.63) is 42.4 Å². The molecule has 1 aromatic carbocycles. The molecule has 0 unspecified atom stereocenters. The SMILES string of the molecule is COc1ccc(OC)c(S(=O)(=O)N2CCCN(C(=O)c3ccco3)CC2)c1. The van der Waals surface area contributed by atoms with Crippen molar-refractivity contribution >= 4 is 15.9 Å². The van der Waals surface area contributed by atoms with Gasteiger partial charge in [-0.05, 0) is 30.7 Å². The van der Waals surface area contributed by atoms with E-state index in [-0.39, 0.29) is 35.4 Å². The number of nitrogens with zero attached hydrogens (tertiary/aromatic N) is 2. The molecule has 8 nitrogen and oxygen atoms in total. The highest BCUT2D eigenvalue weighted by molar-refractivity contribution is 7.89. The summed E-state index contributed by atoms with van der Waals surface area (Å²) in [5.74, 6) is 0.696. The van der Waals surface area contributed by atoms with Crippen molar-refractivity contribution in [3.8, 4) is 11.5 Å². The maximum Gasteiger partial charge on any atom is 0.289 e. The minimum absolute atomic E-state index is 0.0511. The Morgan fingerprint density at radius 2 is 1.89 bits per heavy atom. The highest BCUT2D eigenvalue weighted by atomic mass is 32.2. The molecule has 1 aliphatic rings. The first-order valence-corrected chi connectivity index (χ1v) is 9.96. The van der Waals surface area contributed by atoms with E-state index in [1.807, 2.05) is 0 Å². The van der Waals surface area contributed by atoms with Gasteiger partial charge in [0.15, 0.2) is 5.76 Å². The molecular weight excluding hydrogens is 372 g/mol. The Balaban J connectivity index is 1.81. The fourth-order valence-corrected chi connectivity index (χ4v) is 4.66. The number of carbonyl (C=O) groups excluding carboxylic acids is 1. The van der Waals surface area contributed by atoms with Crippen LogP contribution in [0.1, 0.15) is 17.0 Å². The summed E-state index contributed by atoms with van der Waals surface area (Å²) in [6, 6.07) is 7.91. The van der Waals surface area contributed by atoms with Crippen LogP contribution in [0, 0.1) is 0 Å². The average Bonchev–Trinajstić information content (AvgIpc) is 3.10. The van der Waals surface area contributed by atoms with E-state index in [9.17, 15) is 13.2 Å². The zero-order valence-corrected chi connectivity index (χ0v) is 16.1. The lowest BCUT2D eigenvalue weighted by atomic mass is 10.3. The van der Waals surface area contributed by atoms with E-state index in [0.29, 0.717) is 25.3 Å². The van der Waals surface area contributed by atoms with Crippen LogP contribution >= 0.6 is 0 Å². The van der Waals surface area contributed by atoms with E-state index in [4.69, 9.17) is 13.9 Å². The highest BCUT2D eigenvalue weighted by Gasteiger charge is 2.31. The fraction of sp³-hybridized carbons (Fsp3) is 0.389. The summed E-state index contributed by atoms with van der Waals surface area (Å²) < 4.78 is 43.2. The Morgan fingerprint density at radius 3 is 2.56 bits per heavy atom. The third-order valence-corrected chi connectivity index (χ3v) is 6.38. The van der Waals surface area contributed by atoms with Gasteiger partial charge in [-0.3, -0.25) is 4.79 Å². The molecule has 0 radical (unpaired) electrons. The van der Waals surface area contributed by atoms with Crippen LogP contribution in [0.3, 0.4) is 0 Å². The lowest BCUT2D eigenvalue weighted by Gasteiger charge is -2.22. The molecule has 2 heterocycles. The minimum atomic E-state index is -3.80. The van der Waals surface area contributed by atoms with Crippen molar-refractivity contribution in [3.63, 3.8) is 0 Å². The monoisotopic (exact) mass is 394 g/mol. The Morgan fingerprint density at radius 1 is 1.07 bits per heavy atom. The molecule has 0 spiro atoms. The normalized spacial score (nSPS) is 16.0. The molecule has 146 valence electrons. The maximum atomic E-state index is 13.2.